The van der Waals surface area contributed by atoms with E-state index in [4.69, 9.17) is 0 Å². The molecule has 1 aliphatic carbocycles. The number of rotatable bonds is 9. The maximum atomic E-state index is 11.8. The molecule has 1 fully saturated rings. The molecule has 0 aromatic heterocycles. The Bertz CT molecular complexity index is 311. The molecule has 0 heterocycles. The van der Waals surface area contributed by atoms with Crippen molar-refractivity contribution in [3.8, 4) is 0 Å². The Labute approximate surface area is 129 Å². The van der Waals surface area contributed by atoms with Gasteiger partial charge in [-0.15, -0.1) is 0 Å². The second-order valence-corrected chi connectivity index (χ2v) is 5.84. The van der Waals surface area contributed by atoms with Gasteiger partial charge in [0.2, 0.25) is 5.91 Å². The highest BCUT2D eigenvalue weighted by atomic mass is 16.1. The first-order valence-electron chi connectivity index (χ1n) is 8.47. The summed E-state index contributed by atoms with van der Waals surface area (Å²) in [5.74, 6) is 1.62. The SMILES string of the molecule is CCCCCNC(=NC)NCCNC(=O)CC1CCCC1. The van der Waals surface area contributed by atoms with Gasteiger partial charge in [-0.25, -0.2) is 0 Å². The topological polar surface area (TPSA) is 65.5 Å². The van der Waals surface area contributed by atoms with Crippen molar-refractivity contribution in [2.24, 2.45) is 10.9 Å². The van der Waals surface area contributed by atoms with Gasteiger partial charge in [-0.2, -0.15) is 0 Å². The van der Waals surface area contributed by atoms with Crippen LogP contribution < -0.4 is 16.0 Å². The van der Waals surface area contributed by atoms with Crippen LogP contribution in [0.2, 0.25) is 0 Å². The van der Waals surface area contributed by atoms with Crippen LogP contribution in [0, 0.1) is 5.92 Å². The minimum atomic E-state index is 0.189. The van der Waals surface area contributed by atoms with Crippen LogP contribution in [0.5, 0.6) is 0 Å². The summed E-state index contributed by atoms with van der Waals surface area (Å²) in [5, 5.41) is 9.48. The molecule has 0 radical (unpaired) electrons. The molecule has 1 saturated carbocycles. The van der Waals surface area contributed by atoms with E-state index in [9.17, 15) is 4.79 Å². The number of hydrogen-bond acceptors (Lipinski definition) is 2. The van der Waals surface area contributed by atoms with E-state index in [0.717, 1.165) is 18.9 Å². The van der Waals surface area contributed by atoms with Crippen LogP contribution in [0.3, 0.4) is 0 Å². The van der Waals surface area contributed by atoms with Crippen molar-refractivity contribution in [1.82, 2.24) is 16.0 Å². The fourth-order valence-corrected chi connectivity index (χ4v) is 2.73. The Balaban J connectivity index is 2.01. The van der Waals surface area contributed by atoms with Crippen molar-refractivity contribution in [2.45, 2.75) is 58.3 Å². The number of carbonyl (C=O) groups excluding carboxylic acids is 1. The summed E-state index contributed by atoms with van der Waals surface area (Å²) in [6.07, 6.45) is 9.35. The Morgan fingerprint density at radius 3 is 2.38 bits per heavy atom. The van der Waals surface area contributed by atoms with Gasteiger partial charge >= 0.3 is 0 Å². The second kappa shape index (κ2) is 11.4. The quantitative estimate of drug-likeness (QED) is 0.346. The minimum absolute atomic E-state index is 0.189. The van der Waals surface area contributed by atoms with Gasteiger partial charge in [-0.3, -0.25) is 9.79 Å². The summed E-state index contributed by atoms with van der Waals surface area (Å²) in [6.45, 7) is 4.51. The summed E-state index contributed by atoms with van der Waals surface area (Å²) in [5.41, 5.74) is 0. The molecule has 0 aliphatic heterocycles. The third-order valence-corrected chi connectivity index (χ3v) is 3.98. The molecule has 0 unspecified atom stereocenters. The van der Waals surface area contributed by atoms with Gasteiger partial charge in [0.15, 0.2) is 5.96 Å². The number of unbranched alkanes of at least 4 members (excludes halogenated alkanes) is 2. The van der Waals surface area contributed by atoms with E-state index < -0.39 is 0 Å². The molecule has 0 aromatic carbocycles. The number of nitrogens with one attached hydrogen (secondary N) is 3. The molecule has 1 amide bonds. The molecule has 0 atom stereocenters. The van der Waals surface area contributed by atoms with Crippen molar-refractivity contribution in [1.29, 1.82) is 0 Å². The standard InChI is InChI=1S/C16H32N4O/c1-3-4-7-10-19-16(17-2)20-12-11-18-15(21)13-14-8-5-6-9-14/h14H,3-13H2,1-2H3,(H,18,21)(H2,17,19,20). The lowest BCUT2D eigenvalue weighted by Crippen LogP contribution is -2.41. The first kappa shape index (κ1) is 17.8. The zero-order valence-corrected chi connectivity index (χ0v) is 13.7. The van der Waals surface area contributed by atoms with Gasteiger partial charge in [-0.1, -0.05) is 32.6 Å². The molecule has 0 aromatic rings. The van der Waals surface area contributed by atoms with Crippen LogP contribution in [0.4, 0.5) is 0 Å². The van der Waals surface area contributed by atoms with Gasteiger partial charge < -0.3 is 16.0 Å². The highest BCUT2D eigenvalue weighted by Gasteiger charge is 2.17. The molecule has 1 aliphatic rings. The van der Waals surface area contributed by atoms with E-state index in [1.165, 1.54) is 38.5 Å². The Morgan fingerprint density at radius 2 is 1.71 bits per heavy atom. The third kappa shape index (κ3) is 8.58. The number of hydrogen-bond donors (Lipinski definition) is 3. The molecule has 5 nitrogen and oxygen atoms in total. The van der Waals surface area contributed by atoms with Crippen LogP contribution in [0.1, 0.15) is 58.3 Å². The summed E-state index contributed by atoms with van der Waals surface area (Å²) in [6, 6.07) is 0. The van der Waals surface area contributed by atoms with Crippen molar-refractivity contribution >= 4 is 11.9 Å². The van der Waals surface area contributed by atoms with Gasteiger partial charge in [0, 0.05) is 33.1 Å². The van der Waals surface area contributed by atoms with E-state index in [1.807, 2.05) is 0 Å². The number of aliphatic imine (C=N–C) groups is 1. The average Bonchev–Trinajstić information content (AvgIpc) is 2.98. The molecule has 1 rings (SSSR count). The molecular formula is C16H32N4O. The summed E-state index contributed by atoms with van der Waals surface area (Å²) in [4.78, 5) is 15.9. The third-order valence-electron chi connectivity index (χ3n) is 3.98. The predicted octanol–water partition coefficient (Wildman–Crippen LogP) is 2.04. The maximum Gasteiger partial charge on any atom is 0.220 e. The lowest BCUT2D eigenvalue weighted by molar-refractivity contribution is -0.121. The van der Waals surface area contributed by atoms with Crippen LogP contribution in [0.25, 0.3) is 0 Å². The minimum Gasteiger partial charge on any atom is -0.356 e. The molecule has 0 spiro atoms. The van der Waals surface area contributed by atoms with Gasteiger partial charge in [0.1, 0.15) is 0 Å². The van der Waals surface area contributed by atoms with E-state index in [-0.39, 0.29) is 5.91 Å². The van der Waals surface area contributed by atoms with Gasteiger partial charge in [0.05, 0.1) is 0 Å². The normalized spacial score (nSPS) is 16.0. The number of carbonyl (C=O) groups is 1. The van der Waals surface area contributed by atoms with Crippen LogP contribution in [-0.4, -0.2) is 38.5 Å². The Kier molecular flexibility index (Phi) is 9.66. The Morgan fingerprint density at radius 1 is 1.05 bits per heavy atom. The first-order valence-corrected chi connectivity index (χ1v) is 8.47. The van der Waals surface area contributed by atoms with E-state index in [2.05, 4.69) is 27.9 Å². The molecule has 0 saturated heterocycles. The van der Waals surface area contributed by atoms with Gasteiger partial charge in [-0.05, 0) is 25.2 Å². The average molecular weight is 296 g/mol. The van der Waals surface area contributed by atoms with Crippen molar-refractivity contribution < 1.29 is 4.79 Å². The van der Waals surface area contributed by atoms with E-state index in [1.54, 1.807) is 7.05 Å². The highest BCUT2D eigenvalue weighted by molar-refractivity contribution is 5.79. The fraction of sp³-hybridized carbons (Fsp3) is 0.875. The molecule has 5 heteroatoms. The lowest BCUT2D eigenvalue weighted by Gasteiger charge is -2.13. The largest absolute Gasteiger partial charge is 0.356 e. The highest BCUT2D eigenvalue weighted by Crippen LogP contribution is 2.27. The molecule has 122 valence electrons. The number of amides is 1. The molecular weight excluding hydrogens is 264 g/mol. The summed E-state index contributed by atoms with van der Waals surface area (Å²) >= 11 is 0. The molecule has 3 N–H and O–H groups in total. The fourth-order valence-electron chi connectivity index (χ4n) is 2.73. The number of guanidine groups is 1. The molecule has 0 bridgehead atoms. The zero-order valence-electron chi connectivity index (χ0n) is 13.7. The first-order chi connectivity index (χ1) is 10.3. The monoisotopic (exact) mass is 296 g/mol. The van der Waals surface area contributed by atoms with Crippen LogP contribution >= 0.6 is 0 Å². The van der Waals surface area contributed by atoms with Crippen molar-refractivity contribution in [3.63, 3.8) is 0 Å². The predicted molar refractivity (Wildman–Crippen MR) is 88.5 cm³/mol. The van der Waals surface area contributed by atoms with Crippen molar-refractivity contribution in [2.75, 3.05) is 26.7 Å². The maximum absolute atomic E-state index is 11.8. The zero-order chi connectivity index (χ0) is 15.3. The van der Waals surface area contributed by atoms with Gasteiger partial charge in [0.25, 0.3) is 0 Å². The van der Waals surface area contributed by atoms with Crippen LogP contribution in [0.15, 0.2) is 4.99 Å². The van der Waals surface area contributed by atoms with Crippen LogP contribution in [-0.2, 0) is 4.79 Å². The second-order valence-electron chi connectivity index (χ2n) is 5.84. The van der Waals surface area contributed by atoms with E-state index in [0.29, 0.717) is 25.4 Å². The number of nitrogens with zero attached hydrogens (tertiary/aromatic N) is 1. The molecule has 21 heavy (non-hydrogen) atoms. The van der Waals surface area contributed by atoms with Crippen molar-refractivity contribution in [3.05, 3.63) is 0 Å². The Hall–Kier alpha value is -1.26. The smallest absolute Gasteiger partial charge is 0.220 e. The summed E-state index contributed by atoms with van der Waals surface area (Å²) in [7, 11) is 1.77. The summed E-state index contributed by atoms with van der Waals surface area (Å²) < 4.78 is 0. The lowest BCUT2D eigenvalue weighted by atomic mass is 10.0. The van der Waals surface area contributed by atoms with E-state index >= 15 is 0 Å².